The molecule has 0 aliphatic rings. The molecule has 0 bridgehead atoms. The monoisotopic (exact) mass is 515 g/mol. The number of halogens is 1. The van der Waals surface area contributed by atoms with E-state index in [-0.39, 0.29) is 23.4 Å². The van der Waals surface area contributed by atoms with E-state index in [1.54, 1.807) is 24.3 Å². The van der Waals surface area contributed by atoms with Crippen molar-refractivity contribution in [3.05, 3.63) is 108 Å². The second-order valence-corrected chi connectivity index (χ2v) is 10.7. The lowest BCUT2D eigenvalue weighted by Gasteiger charge is -2.22. The van der Waals surface area contributed by atoms with Crippen LogP contribution in [0.5, 0.6) is 5.75 Å². The smallest absolute Gasteiger partial charge is 0.139 e. The van der Waals surface area contributed by atoms with E-state index in [0.717, 1.165) is 44.2 Å². The molecule has 2 aromatic heterocycles. The van der Waals surface area contributed by atoms with Gasteiger partial charge in [0.2, 0.25) is 0 Å². The van der Waals surface area contributed by atoms with Crippen molar-refractivity contribution in [2.45, 2.75) is 39.5 Å². The van der Waals surface area contributed by atoms with Gasteiger partial charge in [0.25, 0.3) is 0 Å². The molecule has 1 N–H and O–H groups in total. The van der Waals surface area contributed by atoms with Gasteiger partial charge in [-0.2, -0.15) is 0 Å². The molecule has 39 heavy (non-hydrogen) atoms. The summed E-state index contributed by atoms with van der Waals surface area (Å²) in [5.74, 6) is 0.285. The predicted octanol–water partition coefficient (Wildman–Crippen LogP) is 10.1. The number of benzene rings is 4. The van der Waals surface area contributed by atoms with Crippen LogP contribution in [0.3, 0.4) is 0 Å². The molecule has 3 nitrogen and oxygen atoms in total. The van der Waals surface area contributed by atoms with E-state index in [2.05, 4.69) is 45.9 Å². The highest BCUT2D eigenvalue weighted by Crippen LogP contribution is 2.45. The zero-order valence-corrected chi connectivity index (χ0v) is 22.5. The molecule has 0 aliphatic heterocycles. The number of furan rings is 1. The van der Waals surface area contributed by atoms with Gasteiger partial charge in [0.15, 0.2) is 0 Å². The van der Waals surface area contributed by atoms with Crippen LogP contribution < -0.4 is 0 Å². The predicted molar refractivity (Wildman–Crippen MR) is 158 cm³/mol. The fourth-order valence-corrected chi connectivity index (χ4v) is 5.51. The van der Waals surface area contributed by atoms with Gasteiger partial charge in [-0.15, -0.1) is 0 Å². The second kappa shape index (κ2) is 9.70. The second-order valence-electron chi connectivity index (χ2n) is 10.7. The summed E-state index contributed by atoms with van der Waals surface area (Å²) in [6, 6.07) is 28.2. The minimum atomic E-state index is -0.296. The molecule has 0 saturated carbocycles. The third-order valence-corrected chi connectivity index (χ3v) is 7.37. The van der Waals surface area contributed by atoms with Crippen molar-refractivity contribution in [2.75, 3.05) is 0 Å². The molecule has 0 saturated heterocycles. The van der Waals surface area contributed by atoms with Crippen molar-refractivity contribution >= 4 is 21.9 Å². The summed E-state index contributed by atoms with van der Waals surface area (Å²) in [4.78, 5) is 4.93. The van der Waals surface area contributed by atoms with Crippen LogP contribution >= 0.6 is 0 Å². The summed E-state index contributed by atoms with van der Waals surface area (Å²) in [6.45, 7) is 8.81. The first kappa shape index (κ1) is 24.9. The number of hydrogen-bond acceptors (Lipinski definition) is 3. The van der Waals surface area contributed by atoms with Crippen LogP contribution in [0.25, 0.3) is 55.6 Å². The number of aromatic nitrogens is 1. The average molecular weight is 516 g/mol. The van der Waals surface area contributed by atoms with Crippen molar-refractivity contribution < 1.29 is 13.9 Å². The number of aromatic hydroxyl groups is 1. The molecular formula is C35H30FNO2. The minimum absolute atomic E-state index is 0.160. The highest BCUT2D eigenvalue weighted by atomic mass is 19.1. The summed E-state index contributed by atoms with van der Waals surface area (Å²) >= 11 is 0. The summed E-state index contributed by atoms with van der Waals surface area (Å²) < 4.78 is 20.3. The van der Waals surface area contributed by atoms with Gasteiger partial charge in [0.05, 0.1) is 11.4 Å². The van der Waals surface area contributed by atoms with Crippen molar-refractivity contribution in [3.63, 3.8) is 0 Å². The third kappa shape index (κ3) is 4.36. The van der Waals surface area contributed by atoms with Gasteiger partial charge >= 0.3 is 0 Å². The number of pyridine rings is 1. The first-order valence-electron chi connectivity index (χ1n) is 13.4. The Morgan fingerprint density at radius 2 is 1.41 bits per heavy atom. The Hall–Kier alpha value is -4.44. The Balaban J connectivity index is 1.72. The quantitative estimate of drug-likeness (QED) is 0.248. The minimum Gasteiger partial charge on any atom is -0.507 e. The number of phenols is 1. The average Bonchev–Trinajstić information content (AvgIpc) is 3.30. The fraction of sp³-hybridized carbons (Fsp3) is 0.171. The molecule has 0 radical (unpaired) electrons. The molecule has 0 spiro atoms. The van der Waals surface area contributed by atoms with Gasteiger partial charge in [-0.25, -0.2) is 9.37 Å². The molecule has 0 unspecified atom stereocenters. The normalized spacial score (nSPS) is 11.8. The fourth-order valence-electron chi connectivity index (χ4n) is 5.51. The summed E-state index contributed by atoms with van der Waals surface area (Å²) in [5, 5.41) is 13.0. The van der Waals surface area contributed by atoms with E-state index < -0.39 is 0 Å². The van der Waals surface area contributed by atoms with Crippen LogP contribution in [0.1, 0.15) is 50.7 Å². The first-order chi connectivity index (χ1) is 18.8. The number of nitrogens with zero attached hydrogens (tertiary/aromatic N) is 1. The van der Waals surface area contributed by atoms with Crippen LogP contribution in [0.2, 0.25) is 0 Å². The van der Waals surface area contributed by atoms with Crippen molar-refractivity contribution in [2.24, 2.45) is 0 Å². The van der Waals surface area contributed by atoms with E-state index in [1.165, 1.54) is 17.7 Å². The van der Waals surface area contributed by atoms with Crippen molar-refractivity contribution in [1.29, 1.82) is 0 Å². The maximum atomic E-state index is 13.8. The van der Waals surface area contributed by atoms with Crippen LogP contribution in [0.15, 0.2) is 95.4 Å². The topological polar surface area (TPSA) is 46.3 Å². The Morgan fingerprint density at radius 3 is 2.13 bits per heavy atom. The number of phenolic OH excluding ortho intramolecular Hbond substituents is 1. The maximum absolute atomic E-state index is 13.8. The Labute approximate surface area is 227 Å². The molecule has 6 rings (SSSR count). The van der Waals surface area contributed by atoms with Gasteiger partial charge in [0, 0.05) is 27.5 Å². The van der Waals surface area contributed by atoms with E-state index in [4.69, 9.17) is 9.40 Å². The van der Waals surface area contributed by atoms with E-state index >= 15 is 0 Å². The molecule has 2 heterocycles. The van der Waals surface area contributed by atoms with E-state index in [0.29, 0.717) is 17.0 Å². The molecule has 0 amide bonds. The number of hydrogen-bond donors (Lipinski definition) is 1. The first-order valence-corrected chi connectivity index (χ1v) is 13.4. The lowest BCUT2D eigenvalue weighted by atomic mass is 9.83. The molecule has 4 aromatic carbocycles. The molecule has 0 atom stereocenters. The molecule has 0 fully saturated rings. The number of rotatable bonds is 5. The highest BCUT2D eigenvalue weighted by molar-refractivity contribution is 6.08. The maximum Gasteiger partial charge on any atom is 0.139 e. The standard InChI is InChI=1S/C35H30FNO2/c1-20(2)27-19-28-25-9-6-8-12-32(25)39-35(28)33(21(3)4)34(27)23-17-29(22-13-15-24(36)16-14-22)37-30(18-23)26-10-5-7-11-31(26)38/h5-21,38H,1-4H3. The highest BCUT2D eigenvalue weighted by Gasteiger charge is 2.24. The molecule has 194 valence electrons. The van der Waals surface area contributed by atoms with Gasteiger partial charge in [-0.3, -0.25) is 0 Å². The summed E-state index contributed by atoms with van der Waals surface area (Å²) in [5.41, 5.74) is 9.05. The SMILES string of the molecule is CC(C)c1cc2c(oc3ccccc32)c(C(C)C)c1-c1cc(-c2ccc(F)cc2)nc(-c2ccccc2O)c1. The van der Waals surface area contributed by atoms with Gasteiger partial charge in [-0.05, 0) is 89.2 Å². The van der Waals surface area contributed by atoms with Crippen LogP contribution in [-0.2, 0) is 0 Å². The molecule has 4 heteroatoms. The lowest BCUT2D eigenvalue weighted by molar-refractivity contribution is 0.477. The van der Waals surface area contributed by atoms with Crippen molar-refractivity contribution in [1.82, 2.24) is 4.98 Å². The zero-order valence-electron chi connectivity index (χ0n) is 22.5. The number of fused-ring (bicyclic) bond motifs is 3. The van der Waals surface area contributed by atoms with E-state index in [1.807, 2.05) is 36.4 Å². The number of para-hydroxylation sites is 2. The van der Waals surface area contributed by atoms with Crippen LogP contribution in [0, 0.1) is 5.82 Å². The van der Waals surface area contributed by atoms with Crippen LogP contribution in [0.4, 0.5) is 4.39 Å². The largest absolute Gasteiger partial charge is 0.507 e. The van der Waals surface area contributed by atoms with Gasteiger partial charge in [-0.1, -0.05) is 58.0 Å². The Bertz CT molecular complexity index is 1830. The molecule has 6 aromatic rings. The molecule has 0 aliphatic carbocycles. The summed E-state index contributed by atoms with van der Waals surface area (Å²) in [6.07, 6.45) is 0. The van der Waals surface area contributed by atoms with Gasteiger partial charge < -0.3 is 9.52 Å². The Kier molecular flexibility index (Phi) is 6.19. The Morgan fingerprint density at radius 1 is 0.718 bits per heavy atom. The zero-order chi connectivity index (χ0) is 27.3. The van der Waals surface area contributed by atoms with Crippen LogP contribution in [-0.4, -0.2) is 10.1 Å². The van der Waals surface area contributed by atoms with Gasteiger partial charge in [0.1, 0.15) is 22.7 Å². The van der Waals surface area contributed by atoms with E-state index in [9.17, 15) is 9.50 Å². The summed E-state index contributed by atoms with van der Waals surface area (Å²) in [7, 11) is 0. The molecular weight excluding hydrogens is 485 g/mol. The van der Waals surface area contributed by atoms with Crippen molar-refractivity contribution in [3.8, 4) is 39.4 Å². The lowest BCUT2D eigenvalue weighted by Crippen LogP contribution is -2.02. The third-order valence-electron chi connectivity index (χ3n) is 7.37.